The van der Waals surface area contributed by atoms with E-state index in [0.717, 1.165) is 51.4 Å². The molecule has 0 unspecified atom stereocenters. The lowest BCUT2D eigenvalue weighted by Gasteiger charge is -2.36. The van der Waals surface area contributed by atoms with Crippen LogP contribution in [0.2, 0.25) is 0 Å². The van der Waals surface area contributed by atoms with Crippen molar-refractivity contribution in [3.8, 4) is 5.75 Å². The summed E-state index contributed by atoms with van der Waals surface area (Å²) in [6.07, 6.45) is 1.68. The summed E-state index contributed by atoms with van der Waals surface area (Å²) >= 11 is 0. The van der Waals surface area contributed by atoms with Crippen molar-refractivity contribution in [3.63, 3.8) is 0 Å². The van der Waals surface area contributed by atoms with Crippen molar-refractivity contribution in [1.29, 1.82) is 0 Å². The van der Waals surface area contributed by atoms with Crippen molar-refractivity contribution < 1.29 is 9.53 Å². The molecule has 2 heterocycles. The van der Waals surface area contributed by atoms with E-state index in [9.17, 15) is 4.79 Å². The van der Waals surface area contributed by atoms with Gasteiger partial charge in [-0.25, -0.2) is 0 Å². The van der Waals surface area contributed by atoms with Crippen LogP contribution < -0.4 is 14.5 Å². The number of methoxy groups -OCH3 is 1. The van der Waals surface area contributed by atoms with Gasteiger partial charge in [-0.1, -0.05) is 18.2 Å². The van der Waals surface area contributed by atoms with Gasteiger partial charge in [-0.05, 0) is 42.3 Å². The molecule has 1 fully saturated rings. The molecule has 0 spiro atoms. The minimum Gasteiger partial charge on any atom is -0.497 e. The Kier molecular flexibility index (Phi) is 5.19. The molecule has 2 aromatic carbocycles. The third-order valence-corrected chi connectivity index (χ3v) is 5.65. The van der Waals surface area contributed by atoms with Crippen molar-refractivity contribution in [1.82, 2.24) is 4.90 Å². The summed E-state index contributed by atoms with van der Waals surface area (Å²) in [5.74, 6) is 1.14. The Labute approximate surface area is 161 Å². The third-order valence-electron chi connectivity index (χ3n) is 5.65. The Balaban J connectivity index is 1.26. The maximum Gasteiger partial charge on any atom is 0.224 e. The zero-order valence-electron chi connectivity index (χ0n) is 15.9. The van der Waals surface area contributed by atoms with Gasteiger partial charge in [0.15, 0.2) is 0 Å². The largest absolute Gasteiger partial charge is 0.497 e. The predicted octanol–water partition coefficient (Wildman–Crippen LogP) is 2.80. The lowest BCUT2D eigenvalue weighted by Crippen LogP contribution is -2.49. The van der Waals surface area contributed by atoms with Gasteiger partial charge in [0.2, 0.25) is 5.91 Å². The van der Waals surface area contributed by atoms with Gasteiger partial charge in [-0.2, -0.15) is 0 Å². The van der Waals surface area contributed by atoms with Crippen molar-refractivity contribution >= 4 is 17.3 Å². The van der Waals surface area contributed by atoms with E-state index in [1.807, 2.05) is 17.0 Å². The van der Waals surface area contributed by atoms with Gasteiger partial charge in [0.1, 0.15) is 5.75 Å². The van der Waals surface area contributed by atoms with Crippen LogP contribution in [-0.4, -0.2) is 57.2 Å². The molecule has 5 heteroatoms. The van der Waals surface area contributed by atoms with E-state index < -0.39 is 0 Å². The number of anilines is 2. The summed E-state index contributed by atoms with van der Waals surface area (Å²) in [4.78, 5) is 19.4. The third kappa shape index (κ3) is 3.87. The highest BCUT2D eigenvalue weighted by Crippen LogP contribution is 2.27. The van der Waals surface area contributed by atoms with Crippen LogP contribution in [0.25, 0.3) is 0 Å². The van der Waals surface area contributed by atoms with Crippen molar-refractivity contribution in [2.45, 2.75) is 12.8 Å². The molecule has 0 atom stereocenters. The van der Waals surface area contributed by atoms with Gasteiger partial charge in [-0.15, -0.1) is 0 Å². The van der Waals surface area contributed by atoms with Gasteiger partial charge in [0, 0.05) is 57.1 Å². The Morgan fingerprint density at radius 2 is 1.70 bits per heavy atom. The topological polar surface area (TPSA) is 36.0 Å². The molecular formula is C22H27N3O2. The van der Waals surface area contributed by atoms with Crippen LogP contribution >= 0.6 is 0 Å². The first-order valence-corrected chi connectivity index (χ1v) is 9.74. The van der Waals surface area contributed by atoms with E-state index in [0.29, 0.717) is 6.42 Å². The van der Waals surface area contributed by atoms with Crippen molar-refractivity contribution in [3.05, 3.63) is 54.1 Å². The van der Waals surface area contributed by atoms with Crippen LogP contribution in [0.1, 0.15) is 12.0 Å². The summed E-state index contributed by atoms with van der Waals surface area (Å²) in [5, 5.41) is 0. The standard InChI is InChI=1S/C22H27N3O2/c1-27-20-8-6-19(7-9-20)23-14-16-25(17-15-23)22(26)11-13-24-12-10-18-4-2-3-5-21(18)24/h2-9H,10-17H2,1H3. The Morgan fingerprint density at radius 1 is 0.963 bits per heavy atom. The zero-order chi connectivity index (χ0) is 18.6. The number of carbonyl (C=O) groups is 1. The summed E-state index contributed by atoms with van der Waals surface area (Å²) in [6.45, 7) is 5.19. The highest BCUT2D eigenvalue weighted by atomic mass is 16.5. The first kappa shape index (κ1) is 17.7. The fourth-order valence-electron chi connectivity index (χ4n) is 4.03. The van der Waals surface area contributed by atoms with E-state index in [2.05, 4.69) is 46.2 Å². The first-order valence-electron chi connectivity index (χ1n) is 9.74. The van der Waals surface area contributed by atoms with Crippen LogP contribution in [0.15, 0.2) is 48.5 Å². The van der Waals surface area contributed by atoms with E-state index in [1.165, 1.54) is 16.9 Å². The van der Waals surface area contributed by atoms with Crippen LogP contribution in [0.5, 0.6) is 5.75 Å². The fourth-order valence-corrected chi connectivity index (χ4v) is 4.03. The number of rotatable bonds is 5. The maximum atomic E-state index is 12.7. The quantitative estimate of drug-likeness (QED) is 0.816. The molecule has 1 saturated heterocycles. The van der Waals surface area contributed by atoms with Gasteiger partial charge in [-0.3, -0.25) is 4.79 Å². The predicted molar refractivity (Wildman–Crippen MR) is 109 cm³/mol. The SMILES string of the molecule is COc1ccc(N2CCN(C(=O)CCN3CCc4ccccc43)CC2)cc1. The summed E-state index contributed by atoms with van der Waals surface area (Å²) in [6, 6.07) is 16.7. The molecule has 0 saturated carbocycles. The van der Waals surface area contributed by atoms with Crippen molar-refractivity contribution in [2.24, 2.45) is 0 Å². The zero-order valence-corrected chi connectivity index (χ0v) is 15.9. The molecule has 1 amide bonds. The molecule has 0 aromatic heterocycles. The average Bonchev–Trinajstić information content (AvgIpc) is 3.15. The number of amides is 1. The van der Waals surface area contributed by atoms with E-state index >= 15 is 0 Å². The van der Waals surface area contributed by atoms with Crippen molar-refractivity contribution in [2.75, 3.05) is 56.2 Å². The number of fused-ring (bicyclic) bond motifs is 1. The second-order valence-electron chi connectivity index (χ2n) is 7.18. The molecule has 142 valence electrons. The number of nitrogens with zero attached hydrogens (tertiary/aromatic N) is 3. The van der Waals surface area contributed by atoms with Crippen LogP contribution in [0, 0.1) is 0 Å². The highest BCUT2D eigenvalue weighted by Gasteiger charge is 2.23. The van der Waals surface area contributed by atoms with Crippen LogP contribution in [0.3, 0.4) is 0 Å². The number of ether oxygens (including phenoxy) is 1. The normalized spacial score (nSPS) is 16.4. The maximum absolute atomic E-state index is 12.7. The number of piperazine rings is 1. The Morgan fingerprint density at radius 3 is 2.44 bits per heavy atom. The van der Waals surface area contributed by atoms with E-state index in [-0.39, 0.29) is 5.91 Å². The monoisotopic (exact) mass is 365 g/mol. The number of para-hydroxylation sites is 1. The molecule has 2 aliphatic heterocycles. The summed E-state index contributed by atoms with van der Waals surface area (Å²) in [7, 11) is 1.68. The number of hydrogen-bond donors (Lipinski definition) is 0. The minimum atomic E-state index is 0.272. The molecule has 4 rings (SSSR count). The second-order valence-corrected chi connectivity index (χ2v) is 7.18. The van der Waals surface area contributed by atoms with E-state index in [1.54, 1.807) is 7.11 Å². The Bertz CT molecular complexity index is 782. The van der Waals surface area contributed by atoms with Gasteiger partial charge >= 0.3 is 0 Å². The van der Waals surface area contributed by atoms with Gasteiger partial charge in [0.05, 0.1) is 7.11 Å². The van der Waals surface area contributed by atoms with Gasteiger partial charge in [0.25, 0.3) is 0 Å². The Hall–Kier alpha value is -2.69. The molecule has 5 nitrogen and oxygen atoms in total. The van der Waals surface area contributed by atoms with Crippen LogP contribution in [0.4, 0.5) is 11.4 Å². The lowest BCUT2D eigenvalue weighted by atomic mass is 10.2. The molecule has 27 heavy (non-hydrogen) atoms. The highest BCUT2D eigenvalue weighted by molar-refractivity contribution is 5.77. The summed E-state index contributed by atoms with van der Waals surface area (Å²) < 4.78 is 5.22. The molecule has 0 N–H and O–H groups in total. The molecule has 0 aliphatic carbocycles. The number of benzene rings is 2. The second kappa shape index (κ2) is 7.91. The number of hydrogen-bond acceptors (Lipinski definition) is 4. The molecule has 0 bridgehead atoms. The molecular weight excluding hydrogens is 338 g/mol. The smallest absolute Gasteiger partial charge is 0.224 e. The van der Waals surface area contributed by atoms with E-state index in [4.69, 9.17) is 4.74 Å². The minimum absolute atomic E-state index is 0.272. The van der Waals surface area contributed by atoms with Crippen LogP contribution in [-0.2, 0) is 11.2 Å². The first-order chi connectivity index (χ1) is 13.2. The summed E-state index contributed by atoms with van der Waals surface area (Å²) in [5.41, 5.74) is 3.89. The number of carbonyl (C=O) groups excluding carboxylic acids is 1. The average molecular weight is 365 g/mol. The lowest BCUT2D eigenvalue weighted by molar-refractivity contribution is -0.131. The molecule has 0 radical (unpaired) electrons. The van der Waals surface area contributed by atoms with Gasteiger partial charge < -0.3 is 19.4 Å². The fraction of sp³-hybridized carbons (Fsp3) is 0.409. The molecule has 2 aromatic rings. The molecule has 2 aliphatic rings.